The minimum atomic E-state index is -3.22. The molecule has 0 aliphatic carbocycles. The van der Waals surface area contributed by atoms with E-state index in [4.69, 9.17) is 0 Å². The summed E-state index contributed by atoms with van der Waals surface area (Å²) >= 11 is 1.55. The first-order valence-corrected chi connectivity index (χ1v) is 9.33. The van der Waals surface area contributed by atoms with E-state index in [2.05, 4.69) is 15.0 Å². The maximum absolute atomic E-state index is 11.8. The van der Waals surface area contributed by atoms with Crippen LogP contribution in [0.25, 0.3) is 10.6 Å². The van der Waals surface area contributed by atoms with Crippen LogP contribution in [0.2, 0.25) is 0 Å². The van der Waals surface area contributed by atoms with Crippen LogP contribution in [0.3, 0.4) is 0 Å². The monoisotopic (exact) mass is 324 g/mol. The molecule has 112 valence electrons. The Labute approximate surface area is 127 Å². The van der Waals surface area contributed by atoms with Crippen LogP contribution in [-0.4, -0.2) is 40.5 Å². The normalized spacial score (nSPS) is 20.0. The van der Waals surface area contributed by atoms with E-state index in [0.29, 0.717) is 12.2 Å². The smallest absolute Gasteiger partial charge is 0.211 e. The Kier molecular flexibility index (Phi) is 3.76. The highest BCUT2D eigenvalue weighted by molar-refractivity contribution is 7.88. The molecule has 0 amide bonds. The number of thiazole rings is 1. The fourth-order valence-electron chi connectivity index (χ4n) is 2.57. The summed E-state index contributed by atoms with van der Waals surface area (Å²) < 4.78 is 25.2. The summed E-state index contributed by atoms with van der Waals surface area (Å²) in [5.41, 5.74) is 1.46. The van der Waals surface area contributed by atoms with Crippen LogP contribution in [-0.2, 0) is 10.0 Å². The first-order chi connectivity index (χ1) is 9.95. The Bertz CT molecular complexity index is 757. The molecule has 1 fully saturated rings. The Morgan fingerprint density at radius 2 is 2.14 bits per heavy atom. The van der Waals surface area contributed by atoms with Crippen LogP contribution in [0.15, 0.2) is 18.6 Å². The van der Waals surface area contributed by atoms with Crippen molar-refractivity contribution in [3.8, 4) is 10.6 Å². The van der Waals surface area contributed by atoms with Crippen molar-refractivity contribution in [2.45, 2.75) is 25.8 Å². The summed E-state index contributed by atoms with van der Waals surface area (Å²) in [4.78, 5) is 14.0. The SMILES string of the molecule is Cc1ncc(-c2cncc([C@@H]3CCCN3S(C)(=O)=O)n2)s1. The van der Waals surface area contributed by atoms with Crippen LogP contribution >= 0.6 is 11.3 Å². The largest absolute Gasteiger partial charge is 0.260 e. The predicted molar refractivity (Wildman–Crippen MR) is 81.4 cm³/mol. The van der Waals surface area contributed by atoms with Gasteiger partial charge in [-0.1, -0.05) is 0 Å². The third-order valence-corrected chi connectivity index (χ3v) is 5.72. The molecule has 0 N–H and O–H groups in total. The number of sulfonamides is 1. The molecule has 0 unspecified atom stereocenters. The zero-order valence-electron chi connectivity index (χ0n) is 11.9. The van der Waals surface area contributed by atoms with E-state index in [-0.39, 0.29) is 6.04 Å². The molecule has 3 rings (SSSR count). The summed E-state index contributed by atoms with van der Waals surface area (Å²) in [6.45, 7) is 2.49. The topological polar surface area (TPSA) is 76.1 Å². The van der Waals surface area contributed by atoms with Gasteiger partial charge in [0.25, 0.3) is 0 Å². The molecule has 0 spiro atoms. The lowest BCUT2D eigenvalue weighted by Gasteiger charge is -2.21. The third-order valence-electron chi connectivity index (χ3n) is 3.50. The highest BCUT2D eigenvalue weighted by atomic mass is 32.2. The summed E-state index contributed by atoms with van der Waals surface area (Å²) in [7, 11) is -3.22. The Morgan fingerprint density at radius 1 is 1.33 bits per heavy atom. The molecule has 3 heterocycles. The highest BCUT2D eigenvalue weighted by Gasteiger charge is 2.33. The van der Waals surface area contributed by atoms with Crippen molar-refractivity contribution in [3.05, 3.63) is 29.3 Å². The lowest BCUT2D eigenvalue weighted by atomic mass is 10.1. The lowest BCUT2D eigenvalue weighted by molar-refractivity contribution is 0.393. The van der Waals surface area contributed by atoms with Gasteiger partial charge < -0.3 is 0 Å². The van der Waals surface area contributed by atoms with E-state index < -0.39 is 10.0 Å². The minimum Gasteiger partial charge on any atom is -0.260 e. The van der Waals surface area contributed by atoms with Crippen LogP contribution in [0.4, 0.5) is 0 Å². The molecular formula is C13H16N4O2S2. The molecular weight excluding hydrogens is 308 g/mol. The van der Waals surface area contributed by atoms with E-state index in [1.54, 1.807) is 29.9 Å². The van der Waals surface area contributed by atoms with Crippen LogP contribution in [0, 0.1) is 6.92 Å². The van der Waals surface area contributed by atoms with Gasteiger partial charge >= 0.3 is 0 Å². The third kappa shape index (κ3) is 2.97. The van der Waals surface area contributed by atoms with Crippen molar-refractivity contribution in [2.24, 2.45) is 0 Å². The van der Waals surface area contributed by atoms with Gasteiger partial charge in [0.1, 0.15) is 5.69 Å². The van der Waals surface area contributed by atoms with Crippen molar-refractivity contribution >= 4 is 21.4 Å². The number of hydrogen-bond acceptors (Lipinski definition) is 6. The standard InChI is InChI=1S/C13H16N4O2S2/c1-9-15-8-13(20-9)11-7-14-6-10(16-11)12-4-3-5-17(12)21(2,18)19/h6-8,12H,3-5H2,1-2H3/t12-/m0/s1. The fourth-order valence-corrected chi connectivity index (χ4v) is 4.44. The van der Waals surface area contributed by atoms with Gasteiger partial charge in [0.05, 0.1) is 40.3 Å². The first kappa shape index (κ1) is 14.6. The van der Waals surface area contributed by atoms with Gasteiger partial charge in [-0.15, -0.1) is 11.3 Å². The molecule has 2 aromatic heterocycles. The molecule has 0 aromatic carbocycles. The average molecular weight is 324 g/mol. The maximum atomic E-state index is 11.8. The Morgan fingerprint density at radius 3 is 2.81 bits per heavy atom. The van der Waals surface area contributed by atoms with E-state index in [1.807, 2.05) is 6.92 Å². The maximum Gasteiger partial charge on any atom is 0.211 e. The second-order valence-electron chi connectivity index (χ2n) is 5.10. The Balaban J connectivity index is 1.96. The summed E-state index contributed by atoms with van der Waals surface area (Å²) in [5.74, 6) is 0. The lowest BCUT2D eigenvalue weighted by Crippen LogP contribution is -2.30. The van der Waals surface area contributed by atoms with Crippen molar-refractivity contribution in [1.82, 2.24) is 19.3 Å². The number of aryl methyl sites for hydroxylation is 1. The minimum absolute atomic E-state index is 0.207. The van der Waals surface area contributed by atoms with Gasteiger partial charge in [0, 0.05) is 12.7 Å². The zero-order chi connectivity index (χ0) is 15.0. The van der Waals surface area contributed by atoms with Crippen molar-refractivity contribution in [1.29, 1.82) is 0 Å². The van der Waals surface area contributed by atoms with Gasteiger partial charge in [0.15, 0.2) is 0 Å². The van der Waals surface area contributed by atoms with Gasteiger partial charge in [-0.3, -0.25) is 4.98 Å². The molecule has 6 nitrogen and oxygen atoms in total. The second kappa shape index (κ2) is 5.43. The number of nitrogens with zero attached hydrogens (tertiary/aromatic N) is 4. The molecule has 0 bridgehead atoms. The van der Waals surface area contributed by atoms with E-state index >= 15 is 0 Å². The number of rotatable bonds is 3. The van der Waals surface area contributed by atoms with E-state index in [1.165, 1.54) is 10.6 Å². The molecule has 0 saturated carbocycles. The van der Waals surface area contributed by atoms with Gasteiger partial charge in [-0.2, -0.15) is 4.31 Å². The zero-order valence-corrected chi connectivity index (χ0v) is 13.5. The van der Waals surface area contributed by atoms with Crippen molar-refractivity contribution in [3.63, 3.8) is 0 Å². The first-order valence-electron chi connectivity index (χ1n) is 6.67. The molecule has 1 saturated heterocycles. The predicted octanol–water partition coefficient (Wildman–Crippen LogP) is 2.01. The molecule has 1 aliphatic heterocycles. The van der Waals surface area contributed by atoms with E-state index in [0.717, 1.165) is 28.4 Å². The van der Waals surface area contributed by atoms with Crippen LogP contribution < -0.4 is 0 Å². The van der Waals surface area contributed by atoms with Crippen molar-refractivity contribution in [2.75, 3.05) is 12.8 Å². The average Bonchev–Trinajstić information content (AvgIpc) is 3.06. The van der Waals surface area contributed by atoms with Crippen LogP contribution in [0.5, 0.6) is 0 Å². The number of aromatic nitrogens is 3. The Hall–Kier alpha value is -1.38. The summed E-state index contributed by atoms with van der Waals surface area (Å²) in [6, 6.07) is -0.207. The molecule has 0 radical (unpaired) electrons. The van der Waals surface area contributed by atoms with Gasteiger partial charge in [-0.05, 0) is 19.8 Å². The molecule has 21 heavy (non-hydrogen) atoms. The molecule has 8 heteroatoms. The van der Waals surface area contributed by atoms with Crippen LogP contribution in [0.1, 0.15) is 29.6 Å². The second-order valence-corrected chi connectivity index (χ2v) is 8.27. The quantitative estimate of drug-likeness (QED) is 0.863. The summed E-state index contributed by atoms with van der Waals surface area (Å²) in [5, 5.41) is 0.968. The van der Waals surface area contributed by atoms with E-state index in [9.17, 15) is 8.42 Å². The van der Waals surface area contributed by atoms with Crippen molar-refractivity contribution < 1.29 is 8.42 Å². The van der Waals surface area contributed by atoms with Gasteiger partial charge in [-0.25, -0.2) is 18.4 Å². The van der Waals surface area contributed by atoms with Gasteiger partial charge in [0.2, 0.25) is 10.0 Å². The fraction of sp³-hybridized carbons (Fsp3) is 0.462. The molecule has 1 aliphatic rings. The summed E-state index contributed by atoms with van der Waals surface area (Å²) in [6.07, 6.45) is 8.00. The highest BCUT2D eigenvalue weighted by Crippen LogP contribution is 2.33. The number of hydrogen-bond donors (Lipinski definition) is 0. The molecule has 2 aromatic rings. The molecule has 1 atom stereocenters.